The maximum atomic E-state index is 14.7. The molecule has 0 unspecified atom stereocenters. The molecule has 1 fully saturated rings. The predicted octanol–water partition coefficient (Wildman–Crippen LogP) is 4.17. The SMILES string of the molecule is Cc1cccc(CSC2=N[C@@H]3CS(=O)(=O)C[C@H]3N2c2ccc(Br)cc2F)c1. The maximum absolute atomic E-state index is 14.7. The van der Waals surface area contributed by atoms with Crippen molar-refractivity contribution in [2.45, 2.75) is 24.8 Å². The van der Waals surface area contributed by atoms with Gasteiger partial charge in [-0.3, -0.25) is 4.99 Å². The van der Waals surface area contributed by atoms with Crippen LogP contribution in [0.15, 0.2) is 51.9 Å². The number of hydrogen-bond acceptors (Lipinski definition) is 5. The van der Waals surface area contributed by atoms with Gasteiger partial charge in [0.15, 0.2) is 15.0 Å². The van der Waals surface area contributed by atoms with Crippen LogP contribution in [-0.2, 0) is 15.6 Å². The number of hydrogen-bond donors (Lipinski definition) is 0. The molecule has 0 spiro atoms. The Labute approximate surface area is 170 Å². The first-order valence-corrected chi connectivity index (χ1v) is 12.1. The number of fused-ring (bicyclic) bond motifs is 1. The number of aryl methyl sites for hydroxylation is 1. The minimum atomic E-state index is -3.15. The second-order valence-electron chi connectivity index (χ2n) is 6.87. The van der Waals surface area contributed by atoms with Gasteiger partial charge in [-0.2, -0.15) is 0 Å². The average Bonchev–Trinajstić information content (AvgIpc) is 3.05. The van der Waals surface area contributed by atoms with Crippen molar-refractivity contribution in [3.8, 4) is 0 Å². The Morgan fingerprint density at radius 1 is 1.26 bits per heavy atom. The van der Waals surface area contributed by atoms with Crippen molar-refractivity contribution in [1.29, 1.82) is 0 Å². The minimum Gasteiger partial charge on any atom is -0.312 e. The van der Waals surface area contributed by atoms with Gasteiger partial charge < -0.3 is 4.90 Å². The highest BCUT2D eigenvalue weighted by molar-refractivity contribution is 9.10. The Hall–Kier alpha value is -1.38. The Bertz CT molecular complexity index is 1030. The fourth-order valence-electron chi connectivity index (χ4n) is 3.54. The van der Waals surface area contributed by atoms with Gasteiger partial charge in [-0.1, -0.05) is 57.5 Å². The van der Waals surface area contributed by atoms with Gasteiger partial charge in [-0.25, -0.2) is 12.8 Å². The van der Waals surface area contributed by atoms with Crippen LogP contribution in [0.2, 0.25) is 0 Å². The fourth-order valence-corrected chi connectivity index (χ4v) is 6.78. The van der Waals surface area contributed by atoms with Gasteiger partial charge in [-0.05, 0) is 30.7 Å². The van der Waals surface area contributed by atoms with Gasteiger partial charge in [0.05, 0.1) is 29.3 Å². The summed E-state index contributed by atoms with van der Waals surface area (Å²) in [5, 5.41) is 0.683. The van der Waals surface area contributed by atoms with E-state index in [1.54, 1.807) is 17.0 Å². The number of halogens is 2. The molecule has 1 saturated heterocycles. The monoisotopic (exact) mass is 468 g/mol. The number of nitrogens with zero attached hydrogens (tertiary/aromatic N) is 2. The zero-order valence-electron chi connectivity index (χ0n) is 14.6. The number of thioether (sulfide) groups is 1. The standard InChI is InChI=1S/C19H18BrFN2O2S2/c1-12-3-2-4-13(7-12)9-26-19-22-16-10-27(24,25)11-18(16)23(19)17-6-5-14(20)8-15(17)21/h2-8,16,18H,9-11H2,1H3/t16-,18-/m1/s1. The van der Waals surface area contributed by atoms with Crippen LogP contribution in [0.1, 0.15) is 11.1 Å². The van der Waals surface area contributed by atoms with Crippen LogP contribution in [0, 0.1) is 12.7 Å². The summed E-state index contributed by atoms with van der Waals surface area (Å²) in [5.41, 5.74) is 2.71. The van der Waals surface area contributed by atoms with Crippen molar-refractivity contribution in [3.63, 3.8) is 0 Å². The molecule has 142 valence electrons. The van der Waals surface area contributed by atoms with Crippen LogP contribution in [0.3, 0.4) is 0 Å². The number of aliphatic imine (C=N–C) groups is 1. The summed E-state index contributed by atoms with van der Waals surface area (Å²) in [5.74, 6) is 0.339. The van der Waals surface area contributed by atoms with E-state index < -0.39 is 15.7 Å². The molecule has 0 bridgehead atoms. The molecule has 0 N–H and O–H groups in total. The largest absolute Gasteiger partial charge is 0.312 e. The van der Waals surface area contributed by atoms with E-state index >= 15 is 0 Å². The highest BCUT2D eigenvalue weighted by Crippen LogP contribution is 2.37. The summed E-state index contributed by atoms with van der Waals surface area (Å²) in [6, 6.07) is 12.4. The van der Waals surface area contributed by atoms with Gasteiger partial charge >= 0.3 is 0 Å². The zero-order valence-corrected chi connectivity index (χ0v) is 17.8. The van der Waals surface area contributed by atoms with Crippen molar-refractivity contribution < 1.29 is 12.8 Å². The first kappa shape index (κ1) is 19.0. The van der Waals surface area contributed by atoms with E-state index in [1.165, 1.54) is 23.4 Å². The fraction of sp³-hybridized carbons (Fsp3) is 0.316. The topological polar surface area (TPSA) is 49.7 Å². The predicted molar refractivity (Wildman–Crippen MR) is 113 cm³/mol. The van der Waals surface area contributed by atoms with E-state index in [-0.39, 0.29) is 23.6 Å². The first-order valence-electron chi connectivity index (χ1n) is 8.53. The van der Waals surface area contributed by atoms with Crippen molar-refractivity contribution in [3.05, 3.63) is 63.9 Å². The van der Waals surface area contributed by atoms with Gasteiger partial charge in [-0.15, -0.1) is 0 Å². The Morgan fingerprint density at radius 2 is 2.07 bits per heavy atom. The van der Waals surface area contributed by atoms with Gasteiger partial charge in [0, 0.05) is 10.2 Å². The van der Waals surface area contributed by atoms with Crippen molar-refractivity contribution in [2.75, 3.05) is 16.4 Å². The Balaban J connectivity index is 1.65. The molecule has 2 aliphatic heterocycles. The lowest BCUT2D eigenvalue weighted by atomic mass is 10.1. The minimum absolute atomic E-state index is 0.00513. The van der Waals surface area contributed by atoms with Crippen LogP contribution in [0.25, 0.3) is 0 Å². The quantitative estimate of drug-likeness (QED) is 0.677. The molecule has 0 radical (unpaired) electrons. The number of rotatable bonds is 3. The first-order chi connectivity index (χ1) is 12.8. The van der Waals surface area contributed by atoms with Gasteiger partial charge in [0.2, 0.25) is 0 Å². The molecule has 2 aliphatic rings. The lowest BCUT2D eigenvalue weighted by Crippen LogP contribution is -2.39. The molecular formula is C19H18BrFN2O2S2. The summed E-state index contributed by atoms with van der Waals surface area (Å²) in [6.45, 7) is 2.04. The van der Waals surface area contributed by atoms with Crippen LogP contribution in [-0.4, -0.2) is 37.2 Å². The Morgan fingerprint density at radius 3 is 2.81 bits per heavy atom. The van der Waals surface area contributed by atoms with Gasteiger partial charge in [0.25, 0.3) is 0 Å². The summed E-state index contributed by atoms with van der Waals surface area (Å²) in [4.78, 5) is 6.43. The summed E-state index contributed by atoms with van der Waals surface area (Å²) in [7, 11) is -3.15. The van der Waals surface area contributed by atoms with E-state index in [0.29, 0.717) is 21.1 Å². The zero-order chi connectivity index (χ0) is 19.2. The molecule has 0 amide bonds. The van der Waals surface area contributed by atoms with Crippen molar-refractivity contribution in [1.82, 2.24) is 0 Å². The van der Waals surface area contributed by atoms with E-state index in [0.717, 1.165) is 5.56 Å². The molecule has 2 heterocycles. The molecule has 0 saturated carbocycles. The van der Waals surface area contributed by atoms with Crippen LogP contribution >= 0.6 is 27.7 Å². The molecule has 2 aromatic rings. The normalized spacial score (nSPS) is 23.4. The number of amidine groups is 1. The van der Waals surface area contributed by atoms with Crippen LogP contribution in [0.5, 0.6) is 0 Å². The van der Waals surface area contributed by atoms with E-state index in [2.05, 4.69) is 27.0 Å². The molecule has 0 aliphatic carbocycles. The Kier molecular flexibility index (Phi) is 5.07. The highest BCUT2D eigenvalue weighted by Gasteiger charge is 2.47. The van der Waals surface area contributed by atoms with E-state index in [1.807, 2.05) is 25.1 Å². The van der Waals surface area contributed by atoms with Crippen molar-refractivity contribution in [2.24, 2.45) is 4.99 Å². The molecule has 0 aromatic heterocycles. The molecule has 4 nitrogen and oxygen atoms in total. The average molecular weight is 469 g/mol. The lowest BCUT2D eigenvalue weighted by molar-refractivity contribution is 0.600. The molecule has 2 aromatic carbocycles. The maximum Gasteiger partial charge on any atom is 0.164 e. The van der Waals surface area contributed by atoms with Crippen LogP contribution < -0.4 is 4.90 Å². The molecular weight excluding hydrogens is 451 g/mol. The molecule has 4 rings (SSSR count). The third kappa shape index (κ3) is 3.93. The number of benzene rings is 2. The van der Waals surface area contributed by atoms with E-state index in [4.69, 9.17) is 0 Å². The third-order valence-corrected chi connectivity index (χ3v) is 7.96. The molecule has 8 heteroatoms. The molecule has 2 atom stereocenters. The third-order valence-electron chi connectivity index (χ3n) is 4.73. The second-order valence-corrected chi connectivity index (χ2v) is 10.9. The van der Waals surface area contributed by atoms with Gasteiger partial charge in [0.1, 0.15) is 5.82 Å². The molecule has 27 heavy (non-hydrogen) atoms. The number of anilines is 1. The van der Waals surface area contributed by atoms with Crippen molar-refractivity contribution >= 4 is 48.4 Å². The lowest BCUT2D eigenvalue weighted by Gasteiger charge is -2.27. The summed E-state index contributed by atoms with van der Waals surface area (Å²) < 4.78 is 39.5. The summed E-state index contributed by atoms with van der Waals surface area (Å²) in [6.07, 6.45) is 0. The number of sulfone groups is 1. The van der Waals surface area contributed by atoms with Crippen LogP contribution in [0.4, 0.5) is 10.1 Å². The van der Waals surface area contributed by atoms with E-state index in [9.17, 15) is 12.8 Å². The summed E-state index contributed by atoms with van der Waals surface area (Å²) >= 11 is 4.79. The smallest absolute Gasteiger partial charge is 0.164 e. The second kappa shape index (κ2) is 7.22. The highest BCUT2D eigenvalue weighted by atomic mass is 79.9.